The predicted octanol–water partition coefficient (Wildman–Crippen LogP) is 4.35. The molecule has 0 bridgehead atoms. The molecule has 0 spiro atoms. The van der Waals surface area contributed by atoms with Crippen LogP contribution in [0.2, 0.25) is 5.28 Å². The minimum Gasteiger partial charge on any atom is -0.489 e. The van der Waals surface area contributed by atoms with Crippen molar-refractivity contribution in [3.63, 3.8) is 0 Å². The smallest absolute Gasteiger partial charge is 0.298 e. The van der Waals surface area contributed by atoms with Crippen LogP contribution in [0.25, 0.3) is 11.1 Å². The summed E-state index contributed by atoms with van der Waals surface area (Å²) in [6.07, 6.45) is 1.66. The molecule has 198 valence electrons. The Morgan fingerprint density at radius 3 is 2.69 bits per heavy atom. The van der Waals surface area contributed by atoms with Crippen LogP contribution in [0.4, 0.5) is 17.2 Å². The zero-order valence-electron chi connectivity index (χ0n) is 21.6. The zero-order valence-corrected chi connectivity index (χ0v) is 22.4. The molecule has 1 fully saturated rings. The number of nitrogens with one attached hydrogen (secondary N) is 1. The molecule has 1 saturated heterocycles. The van der Waals surface area contributed by atoms with E-state index >= 15 is 0 Å². The first kappa shape index (κ1) is 24.9. The highest BCUT2D eigenvalue weighted by atomic mass is 35.5. The zero-order chi connectivity index (χ0) is 27.1. The van der Waals surface area contributed by atoms with Crippen LogP contribution in [0, 0.1) is 6.92 Å². The van der Waals surface area contributed by atoms with Gasteiger partial charge in [0.25, 0.3) is 11.7 Å². The molecule has 4 heterocycles. The van der Waals surface area contributed by atoms with Gasteiger partial charge in [-0.25, -0.2) is 9.97 Å². The Kier molecular flexibility index (Phi) is 6.44. The molecule has 4 aromatic rings. The molecule has 1 N–H and O–H groups in total. The van der Waals surface area contributed by atoms with E-state index in [9.17, 15) is 9.59 Å². The number of benzene rings is 2. The van der Waals surface area contributed by atoms with Gasteiger partial charge in [-0.1, -0.05) is 30.3 Å². The minimum absolute atomic E-state index is 0.138. The lowest BCUT2D eigenvalue weighted by Gasteiger charge is -2.46. The number of anilines is 3. The third-order valence-electron chi connectivity index (χ3n) is 7.36. The lowest BCUT2D eigenvalue weighted by atomic mass is 10.0. The van der Waals surface area contributed by atoms with Crippen molar-refractivity contribution in [2.75, 3.05) is 41.4 Å². The van der Waals surface area contributed by atoms with Crippen molar-refractivity contribution < 1.29 is 14.3 Å². The summed E-state index contributed by atoms with van der Waals surface area (Å²) in [5, 5.41) is 3.00. The van der Waals surface area contributed by atoms with Crippen molar-refractivity contribution in [3.05, 3.63) is 83.5 Å². The van der Waals surface area contributed by atoms with Gasteiger partial charge in [-0.2, -0.15) is 0 Å². The predicted molar refractivity (Wildman–Crippen MR) is 151 cm³/mol. The summed E-state index contributed by atoms with van der Waals surface area (Å²) < 4.78 is 7.86. The van der Waals surface area contributed by atoms with Crippen molar-refractivity contribution in [2.45, 2.75) is 13.0 Å². The molecule has 0 saturated carbocycles. The fraction of sp³-hybridized carbons (Fsp3) is 0.241. The number of hydrogen-bond donors (Lipinski definition) is 1. The number of aryl methyl sites for hydroxylation is 1. The molecule has 6 rings (SSSR count). The molecule has 39 heavy (non-hydrogen) atoms. The van der Waals surface area contributed by atoms with Crippen LogP contribution in [0.1, 0.15) is 16.2 Å². The van der Waals surface area contributed by atoms with Crippen molar-refractivity contribution in [3.8, 4) is 16.9 Å². The van der Waals surface area contributed by atoms with Crippen LogP contribution in [0.5, 0.6) is 5.75 Å². The molecule has 2 aromatic carbocycles. The Morgan fingerprint density at radius 2 is 1.90 bits per heavy atom. The van der Waals surface area contributed by atoms with Gasteiger partial charge in [0, 0.05) is 55.9 Å². The largest absolute Gasteiger partial charge is 0.489 e. The average molecular weight is 543 g/mol. The second-order valence-electron chi connectivity index (χ2n) is 9.73. The number of carbonyl (C=O) groups excluding carboxylic acids is 2. The standard InChI is InChI=1S/C29H27ClN6O3/c1-18-14-22(19-6-4-3-5-7-19)26(34(18)2)27(37)28(38)32-20-8-9-23-24(15-20)39-17-21-16-35(12-13-36(21)23)25-10-11-31-29(30)33-25/h3-11,14-15,21H,12-13,16-17H2,1-2H3,(H,32,38)/t21-/m0/s1. The number of piperazine rings is 1. The summed E-state index contributed by atoms with van der Waals surface area (Å²) in [5.41, 5.74) is 4.34. The molecule has 0 radical (unpaired) electrons. The number of carbonyl (C=O) groups is 2. The Bertz CT molecular complexity index is 1570. The molecule has 2 aromatic heterocycles. The number of aromatic nitrogens is 3. The lowest BCUT2D eigenvalue weighted by molar-refractivity contribution is -0.112. The second-order valence-corrected chi connectivity index (χ2v) is 10.1. The fourth-order valence-electron chi connectivity index (χ4n) is 5.30. The topological polar surface area (TPSA) is 92.6 Å². The monoisotopic (exact) mass is 542 g/mol. The van der Waals surface area contributed by atoms with Crippen LogP contribution < -0.4 is 19.9 Å². The van der Waals surface area contributed by atoms with E-state index in [2.05, 4.69) is 25.1 Å². The number of rotatable bonds is 5. The van der Waals surface area contributed by atoms with Gasteiger partial charge in [0.1, 0.15) is 23.9 Å². The van der Waals surface area contributed by atoms with Crippen LogP contribution >= 0.6 is 11.6 Å². The molecular formula is C29H27ClN6O3. The van der Waals surface area contributed by atoms with Gasteiger partial charge in [0.05, 0.1) is 11.7 Å². The van der Waals surface area contributed by atoms with Gasteiger partial charge in [0.15, 0.2) is 0 Å². The van der Waals surface area contributed by atoms with E-state index in [1.54, 1.807) is 29.9 Å². The van der Waals surface area contributed by atoms with E-state index in [1.165, 1.54) is 0 Å². The molecule has 0 unspecified atom stereocenters. The van der Waals surface area contributed by atoms with Gasteiger partial charge in [0.2, 0.25) is 5.28 Å². The maximum Gasteiger partial charge on any atom is 0.298 e. The van der Waals surface area contributed by atoms with Crippen molar-refractivity contribution in [1.82, 2.24) is 14.5 Å². The van der Waals surface area contributed by atoms with Crippen LogP contribution in [-0.4, -0.2) is 58.5 Å². The number of nitrogens with zero attached hydrogens (tertiary/aromatic N) is 5. The Morgan fingerprint density at radius 1 is 1.08 bits per heavy atom. The molecule has 2 aliphatic rings. The van der Waals surface area contributed by atoms with Crippen LogP contribution in [-0.2, 0) is 11.8 Å². The number of fused-ring (bicyclic) bond motifs is 3. The van der Waals surface area contributed by atoms with Gasteiger partial charge < -0.3 is 24.4 Å². The van der Waals surface area contributed by atoms with Gasteiger partial charge in [-0.3, -0.25) is 9.59 Å². The van der Waals surface area contributed by atoms with E-state index in [4.69, 9.17) is 16.3 Å². The molecule has 1 amide bonds. The van der Waals surface area contributed by atoms with Gasteiger partial charge >= 0.3 is 0 Å². The summed E-state index contributed by atoms with van der Waals surface area (Å²) in [4.78, 5) is 39.2. The van der Waals surface area contributed by atoms with E-state index in [-0.39, 0.29) is 11.3 Å². The SMILES string of the molecule is Cc1cc(-c2ccccc2)c(C(=O)C(=O)Nc2ccc3c(c2)OC[C@@H]2CN(c4ccnc(Cl)n4)CCN32)n1C. The molecule has 0 aliphatic carbocycles. The number of halogens is 1. The molecule has 9 nitrogen and oxygen atoms in total. The van der Waals surface area contributed by atoms with Gasteiger partial charge in [-0.05, 0) is 48.4 Å². The van der Waals surface area contributed by atoms with E-state index in [1.807, 2.05) is 55.5 Å². The molecule has 1 atom stereocenters. The second kappa shape index (κ2) is 10.1. The maximum atomic E-state index is 13.3. The number of hydrogen-bond acceptors (Lipinski definition) is 7. The summed E-state index contributed by atoms with van der Waals surface area (Å²) in [5.74, 6) is 0.185. The highest BCUT2D eigenvalue weighted by Gasteiger charge is 2.34. The van der Waals surface area contributed by atoms with Crippen LogP contribution in [0.15, 0.2) is 66.9 Å². The Labute approximate surface area is 231 Å². The fourth-order valence-corrected chi connectivity index (χ4v) is 5.44. The normalized spacial score (nSPS) is 16.2. The van der Waals surface area contributed by atoms with Crippen LogP contribution in [0.3, 0.4) is 0 Å². The molecule has 2 aliphatic heterocycles. The Balaban J connectivity index is 1.18. The Hall–Kier alpha value is -4.37. The molecular weight excluding hydrogens is 516 g/mol. The first-order valence-electron chi connectivity index (χ1n) is 12.7. The average Bonchev–Trinajstić information content (AvgIpc) is 3.26. The summed E-state index contributed by atoms with van der Waals surface area (Å²) in [6, 6.07) is 19.0. The highest BCUT2D eigenvalue weighted by Crippen LogP contribution is 2.38. The third kappa shape index (κ3) is 4.70. The summed E-state index contributed by atoms with van der Waals surface area (Å²) >= 11 is 5.98. The van der Waals surface area contributed by atoms with Crippen molar-refractivity contribution in [2.24, 2.45) is 7.05 Å². The van der Waals surface area contributed by atoms with Crippen molar-refractivity contribution >= 4 is 40.5 Å². The first-order chi connectivity index (χ1) is 18.9. The number of Topliss-reactive ketones (excluding diaryl/α,β-unsaturated/α-hetero) is 1. The van der Waals surface area contributed by atoms with Crippen molar-refractivity contribution in [1.29, 1.82) is 0 Å². The summed E-state index contributed by atoms with van der Waals surface area (Å²) in [6.45, 7) is 4.69. The number of amides is 1. The number of ketones is 1. The molecule has 10 heteroatoms. The third-order valence-corrected chi connectivity index (χ3v) is 7.54. The van der Waals surface area contributed by atoms with E-state index in [0.29, 0.717) is 23.7 Å². The number of ether oxygens (including phenoxy) is 1. The highest BCUT2D eigenvalue weighted by molar-refractivity contribution is 6.47. The maximum absolute atomic E-state index is 13.3. The lowest BCUT2D eigenvalue weighted by Crippen LogP contribution is -2.57. The minimum atomic E-state index is -0.695. The van der Waals surface area contributed by atoms with E-state index in [0.717, 1.165) is 48.0 Å². The quantitative estimate of drug-likeness (QED) is 0.228. The van der Waals surface area contributed by atoms with E-state index < -0.39 is 11.7 Å². The first-order valence-corrected chi connectivity index (χ1v) is 13.1. The summed E-state index contributed by atoms with van der Waals surface area (Å²) in [7, 11) is 1.80. The van der Waals surface area contributed by atoms with Gasteiger partial charge in [-0.15, -0.1) is 0 Å².